The van der Waals surface area contributed by atoms with Crippen LogP contribution in [0.15, 0.2) is 12.7 Å². The van der Waals surface area contributed by atoms with E-state index in [9.17, 15) is 9.90 Å². The fourth-order valence-corrected chi connectivity index (χ4v) is 8.32. The molecule has 146 valence electrons. The minimum absolute atomic E-state index is 0.127. The molecule has 0 heterocycles. The lowest BCUT2D eigenvalue weighted by Gasteiger charge is -2.61. The molecular weight excluding hydrogens is 324 g/mol. The zero-order valence-corrected chi connectivity index (χ0v) is 16.6. The number of carbonyl (C=O) groups is 1. The molecule has 4 aliphatic rings. The molecule has 0 aromatic carbocycles. The van der Waals surface area contributed by atoms with E-state index < -0.39 is 0 Å². The molecule has 0 spiro atoms. The van der Waals surface area contributed by atoms with Crippen LogP contribution in [0.4, 0.5) is 0 Å². The molecule has 3 nitrogen and oxygen atoms in total. The number of hydrogen-bond acceptors (Lipinski definition) is 3. The molecule has 0 saturated heterocycles. The van der Waals surface area contributed by atoms with Crippen LogP contribution in [-0.4, -0.2) is 30.7 Å². The van der Waals surface area contributed by atoms with E-state index in [4.69, 9.17) is 4.74 Å². The van der Waals surface area contributed by atoms with Gasteiger partial charge in [0.05, 0.1) is 12.7 Å². The van der Waals surface area contributed by atoms with Gasteiger partial charge in [0, 0.05) is 12.5 Å². The summed E-state index contributed by atoms with van der Waals surface area (Å²) in [5.41, 5.74) is 0.0876. The zero-order chi connectivity index (χ0) is 18.5. The summed E-state index contributed by atoms with van der Waals surface area (Å²) in [7, 11) is 1.84. The molecule has 4 rings (SSSR count). The van der Waals surface area contributed by atoms with Crippen molar-refractivity contribution in [3.8, 4) is 0 Å². The van der Waals surface area contributed by atoms with Crippen molar-refractivity contribution < 1.29 is 14.6 Å². The Labute approximate surface area is 158 Å². The van der Waals surface area contributed by atoms with Gasteiger partial charge in [0.25, 0.3) is 0 Å². The second kappa shape index (κ2) is 6.74. The van der Waals surface area contributed by atoms with Gasteiger partial charge in [0.1, 0.15) is 5.78 Å². The van der Waals surface area contributed by atoms with E-state index >= 15 is 0 Å². The first-order chi connectivity index (χ1) is 12.5. The van der Waals surface area contributed by atoms with E-state index in [1.807, 2.05) is 14.0 Å². The molecule has 0 amide bonds. The van der Waals surface area contributed by atoms with Gasteiger partial charge >= 0.3 is 0 Å². The lowest BCUT2D eigenvalue weighted by molar-refractivity contribution is -0.166. The highest BCUT2D eigenvalue weighted by atomic mass is 16.5. The standard InChI is InChI=1S/C23H36O3/c1-4-16-6-8-21-19-7-5-17-13-18(25)9-11-22(17,14-26-3)20(19)10-12-23(16,21)15(2)24/h4,16-21,25H,1,5-14H2,2-3H3/t16?,17-,18+,19+,20-,21-,22?,23?/m0/s1. The van der Waals surface area contributed by atoms with E-state index in [0.717, 1.165) is 45.1 Å². The monoisotopic (exact) mass is 360 g/mol. The minimum atomic E-state index is -0.141. The van der Waals surface area contributed by atoms with Crippen LogP contribution in [0.3, 0.4) is 0 Å². The third kappa shape index (κ3) is 2.42. The van der Waals surface area contributed by atoms with E-state index in [0.29, 0.717) is 35.4 Å². The predicted molar refractivity (Wildman–Crippen MR) is 103 cm³/mol. The second-order valence-electron chi connectivity index (χ2n) is 9.80. The van der Waals surface area contributed by atoms with Gasteiger partial charge in [-0.05, 0) is 99.7 Å². The first-order valence-corrected chi connectivity index (χ1v) is 10.8. The first kappa shape index (κ1) is 18.7. The van der Waals surface area contributed by atoms with Crippen molar-refractivity contribution in [2.45, 2.75) is 70.8 Å². The number of hydrogen-bond donors (Lipinski definition) is 1. The quantitative estimate of drug-likeness (QED) is 0.757. The van der Waals surface area contributed by atoms with Gasteiger partial charge in [-0.1, -0.05) is 6.08 Å². The molecule has 1 N–H and O–H groups in total. The van der Waals surface area contributed by atoms with Crippen LogP contribution < -0.4 is 0 Å². The van der Waals surface area contributed by atoms with Gasteiger partial charge < -0.3 is 9.84 Å². The van der Waals surface area contributed by atoms with Gasteiger partial charge in [0.2, 0.25) is 0 Å². The van der Waals surface area contributed by atoms with Crippen LogP contribution in [-0.2, 0) is 9.53 Å². The number of ether oxygens (including phenoxy) is 1. The number of fused-ring (bicyclic) bond motifs is 5. The third-order valence-electron chi connectivity index (χ3n) is 9.27. The van der Waals surface area contributed by atoms with Crippen LogP contribution in [0.5, 0.6) is 0 Å². The zero-order valence-electron chi connectivity index (χ0n) is 16.6. The molecule has 4 aliphatic carbocycles. The van der Waals surface area contributed by atoms with Crippen molar-refractivity contribution in [3.05, 3.63) is 12.7 Å². The molecule has 3 unspecified atom stereocenters. The van der Waals surface area contributed by atoms with Crippen LogP contribution in [0.2, 0.25) is 0 Å². The Morgan fingerprint density at radius 2 is 1.96 bits per heavy atom. The lowest BCUT2D eigenvalue weighted by Crippen LogP contribution is -2.58. The summed E-state index contributed by atoms with van der Waals surface area (Å²) >= 11 is 0. The van der Waals surface area contributed by atoms with Gasteiger partial charge in [0.15, 0.2) is 0 Å². The number of aliphatic hydroxyl groups is 1. The Balaban J connectivity index is 1.69. The Kier molecular flexibility index (Phi) is 4.84. The van der Waals surface area contributed by atoms with E-state index in [-0.39, 0.29) is 16.9 Å². The van der Waals surface area contributed by atoms with Crippen LogP contribution in [0.1, 0.15) is 64.7 Å². The summed E-state index contributed by atoms with van der Waals surface area (Å²) in [5.74, 6) is 3.21. The number of methoxy groups -OCH3 is 1. The summed E-state index contributed by atoms with van der Waals surface area (Å²) in [6.45, 7) is 6.75. The normalized spacial score (nSPS) is 50.4. The molecule has 8 atom stereocenters. The molecule has 0 bridgehead atoms. The van der Waals surface area contributed by atoms with Gasteiger partial charge in [-0.15, -0.1) is 6.58 Å². The number of Topliss-reactive ketones (excluding diaryl/α,β-unsaturated/α-hetero) is 1. The van der Waals surface area contributed by atoms with Crippen LogP contribution >= 0.6 is 0 Å². The third-order valence-corrected chi connectivity index (χ3v) is 9.27. The molecule has 4 saturated carbocycles. The second-order valence-corrected chi connectivity index (χ2v) is 9.80. The summed E-state index contributed by atoms with van der Waals surface area (Å²) in [6.07, 6.45) is 11.9. The van der Waals surface area contributed by atoms with Gasteiger partial charge in [-0.2, -0.15) is 0 Å². The number of aliphatic hydroxyl groups excluding tert-OH is 1. The van der Waals surface area contributed by atoms with Gasteiger partial charge in [-0.3, -0.25) is 4.79 Å². The number of allylic oxidation sites excluding steroid dienone is 1. The van der Waals surface area contributed by atoms with Crippen molar-refractivity contribution >= 4 is 5.78 Å². The summed E-state index contributed by atoms with van der Waals surface area (Å²) in [4.78, 5) is 12.9. The lowest BCUT2D eigenvalue weighted by atomic mass is 9.43. The Morgan fingerprint density at radius 1 is 1.15 bits per heavy atom. The van der Waals surface area contributed by atoms with Crippen molar-refractivity contribution in [2.24, 2.45) is 40.4 Å². The van der Waals surface area contributed by atoms with Crippen molar-refractivity contribution in [1.82, 2.24) is 0 Å². The molecule has 0 aromatic heterocycles. The smallest absolute Gasteiger partial charge is 0.136 e. The molecular formula is C23H36O3. The summed E-state index contributed by atoms with van der Waals surface area (Å²) in [5, 5.41) is 10.3. The fourth-order valence-electron chi connectivity index (χ4n) is 8.32. The van der Waals surface area contributed by atoms with Crippen molar-refractivity contribution in [1.29, 1.82) is 0 Å². The molecule has 0 aromatic rings. The SMILES string of the molecule is C=CC1CC[C@H]2[C@@H]3CC[C@H]4C[C@H](O)CCC4(COC)[C@H]3CCC12C(C)=O. The van der Waals surface area contributed by atoms with Crippen molar-refractivity contribution in [2.75, 3.05) is 13.7 Å². The van der Waals surface area contributed by atoms with E-state index in [2.05, 4.69) is 12.7 Å². The fraction of sp³-hybridized carbons (Fsp3) is 0.870. The Hall–Kier alpha value is -0.670. The highest BCUT2D eigenvalue weighted by molar-refractivity contribution is 5.84. The van der Waals surface area contributed by atoms with Crippen LogP contribution in [0, 0.1) is 40.4 Å². The Morgan fingerprint density at radius 3 is 2.65 bits per heavy atom. The minimum Gasteiger partial charge on any atom is -0.393 e. The highest BCUT2D eigenvalue weighted by Crippen LogP contribution is 2.68. The maximum atomic E-state index is 12.9. The Bertz CT molecular complexity index is 572. The molecule has 0 radical (unpaired) electrons. The molecule has 0 aliphatic heterocycles. The largest absolute Gasteiger partial charge is 0.393 e. The predicted octanol–water partition coefficient (Wildman–Crippen LogP) is 4.39. The molecule has 4 fully saturated rings. The van der Waals surface area contributed by atoms with Crippen molar-refractivity contribution in [3.63, 3.8) is 0 Å². The average molecular weight is 361 g/mol. The number of rotatable bonds is 4. The maximum absolute atomic E-state index is 12.9. The topological polar surface area (TPSA) is 46.5 Å². The molecule has 3 heteroatoms. The number of carbonyl (C=O) groups excluding carboxylic acids is 1. The first-order valence-electron chi connectivity index (χ1n) is 10.8. The van der Waals surface area contributed by atoms with Gasteiger partial charge in [-0.25, -0.2) is 0 Å². The maximum Gasteiger partial charge on any atom is 0.136 e. The van der Waals surface area contributed by atoms with E-state index in [1.54, 1.807) is 0 Å². The highest BCUT2D eigenvalue weighted by Gasteiger charge is 2.63. The molecule has 26 heavy (non-hydrogen) atoms. The van der Waals surface area contributed by atoms with Crippen LogP contribution in [0.25, 0.3) is 0 Å². The van der Waals surface area contributed by atoms with E-state index in [1.165, 1.54) is 19.3 Å². The number of ketones is 1. The summed E-state index contributed by atoms with van der Waals surface area (Å²) in [6, 6.07) is 0. The average Bonchev–Trinajstić information content (AvgIpc) is 3.02. The summed E-state index contributed by atoms with van der Waals surface area (Å²) < 4.78 is 5.79.